The molecule has 6 heteroatoms. The number of halogens is 4. The average Bonchev–Trinajstić information content (AvgIpc) is 2.29. The molecule has 0 spiro atoms. The van der Waals surface area contributed by atoms with Crippen molar-refractivity contribution in [2.75, 3.05) is 5.73 Å². The number of nitrogens with two attached hydrogens (primary N) is 1. The van der Waals surface area contributed by atoms with Gasteiger partial charge in [-0.1, -0.05) is 39.1 Å². The van der Waals surface area contributed by atoms with E-state index >= 15 is 0 Å². The van der Waals surface area contributed by atoms with Gasteiger partial charge in [-0.05, 0) is 40.2 Å². The maximum atomic E-state index is 6.07. The lowest BCUT2D eigenvalue weighted by molar-refractivity contribution is 0.485. The zero-order valence-electron chi connectivity index (χ0n) is 8.88. The van der Waals surface area contributed by atoms with E-state index in [1.165, 1.54) is 0 Å². The molecule has 0 unspecified atom stereocenters. The molecule has 2 nitrogen and oxygen atoms in total. The summed E-state index contributed by atoms with van der Waals surface area (Å²) in [6, 6.07) is 8.65. The molecule has 0 aliphatic heterocycles. The second-order valence-corrected chi connectivity index (χ2v) is 6.07. The first-order chi connectivity index (χ1) is 8.47. The number of anilines is 1. The van der Waals surface area contributed by atoms with Gasteiger partial charge in [0.25, 0.3) is 0 Å². The molecule has 18 heavy (non-hydrogen) atoms. The molecule has 2 rings (SSSR count). The molecule has 94 valence electrons. The molecule has 0 bridgehead atoms. The Balaban J connectivity index is 2.37. The third kappa shape index (κ3) is 3.12. The lowest BCUT2D eigenvalue weighted by Gasteiger charge is -2.11. The second kappa shape index (κ2) is 5.70. The van der Waals surface area contributed by atoms with E-state index in [1.807, 2.05) is 6.07 Å². The van der Waals surface area contributed by atoms with Crippen molar-refractivity contribution < 1.29 is 4.74 Å². The summed E-state index contributed by atoms with van der Waals surface area (Å²) in [4.78, 5) is 0. The summed E-state index contributed by atoms with van der Waals surface area (Å²) in [7, 11) is 0. The smallest absolute Gasteiger partial charge is 0.150 e. The Bertz CT molecular complexity index is 605. The minimum Gasteiger partial charge on any atom is -0.454 e. The molecule has 0 atom stereocenters. The summed E-state index contributed by atoms with van der Waals surface area (Å²) in [5, 5.41) is 0.971. The van der Waals surface area contributed by atoms with Crippen LogP contribution in [0.5, 0.6) is 11.5 Å². The van der Waals surface area contributed by atoms with Gasteiger partial charge in [0.15, 0.2) is 0 Å². The summed E-state index contributed by atoms with van der Waals surface area (Å²) < 4.78 is 7.24. The topological polar surface area (TPSA) is 35.2 Å². The van der Waals surface area contributed by atoms with E-state index in [1.54, 1.807) is 24.3 Å². The lowest BCUT2D eigenvalue weighted by Crippen LogP contribution is -1.92. The highest BCUT2D eigenvalue weighted by Gasteiger charge is 2.09. The fourth-order valence-electron chi connectivity index (χ4n) is 1.31. The van der Waals surface area contributed by atoms with Crippen molar-refractivity contribution >= 4 is 60.7 Å². The lowest BCUT2D eigenvalue weighted by atomic mass is 10.3. The van der Waals surface area contributed by atoms with E-state index in [-0.39, 0.29) is 0 Å². The highest BCUT2D eigenvalue weighted by Crippen LogP contribution is 2.38. The highest BCUT2D eigenvalue weighted by atomic mass is 79.9. The number of ether oxygens (including phenoxy) is 1. The van der Waals surface area contributed by atoms with Gasteiger partial charge in [0, 0.05) is 15.0 Å². The Kier molecular flexibility index (Phi) is 4.43. The molecule has 0 heterocycles. The molecule has 0 fully saturated rings. The van der Waals surface area contributed by atoms with Crippen molar-refractivity contribution in [1.82, 2.24) is 0 Å². The molecule has 2 aromatic carbocycles. The molecule has 0 aromatic heterocycles. The highest BCUT2D eigenvalue weighted by molar-refractivity contribution is 9.10. The third-order valence-corrected chi connectivity index (χ3v) is 4.15. The molecule has 0 saturated heterocycles. The minimum absolute atomic E-state index is 0.452. The van der Waals surface area contributed by atoms with Crippen molar-refractivity contribution in [2.45, 2.75) is 0 Å². The maximum Gasteiger partial charge on any atom is 0.150 e. The van der Waals surface area contributed by atoms with Crippen LogP contribution in [0.15, 0.2) is 39.3 Å². The number of nitrogen functional groups attached to an aromatic ring is 1. The standard InChI is InChI=1S/C12H7Br2Cl2NO/c13-6-1-2-11(10(17)3-6)18-12-5-8(15)7(14)4-9(12)16/h1-5H,17H2. The first-order valence-electron chi connectivity index (χ1n) is 4.85. The van der Waals surface area contributed by atoms with Crippen LogP contribution in [0, 0.1) is 0 Å². The summed E-state index contributed by atoms with van der Waals surface area (Å²) in [5.41, 5.74) is 6.36. The van der Waals surface area contributed by atoms with Crippen LogP contribution >= 0.6 is 55.1 Å². The molecule has 0 saturated carbocycles. The quantitative estimate of drug-likeness (QED) is 0.493. The van der Waals surface area contributed by atoms with Crippen LogP contribution in [-0.2, 0) is 0 Å². The Morgan fingerprint density at radius 3 is 2.33 bits per heavy atom. The zero-order chi connectivity index (χ0) is 13.3. The fourth-order valence-corrected chi connectivity index (χ4v) is 2.52. The van der Waals surface area contributed by atoms with Crippen LogP contribution in [-0.4, -0.2) is 0 Å². The van der Waals surface area contributed by atoms with Gasteiger partial charge in [0.2, 0.25) is 0 Å². The summed E-state index contributed by atoms with van der Waals surface area (Å²) in [6.07, 6.45) is 0. The van der Waals surface area contributed by atoms with Gasteiger partial charge in [-0.15, -0.1) is 0 Å². The van der Waals surface area contributed by atoms with Crippen LogP contribution in [0.1, 0.15) is 0 Å². The predicted molar refractivity (Wildman–Crippen MR) is 82.8 cm³/mol. The normalized spacial score (nSPS) is 10.4. The number of hydrogen-bond donors (Lipinski definition) is 1. The van der Waals surface area contributed by atoms with E-state index in [2.05, 4.69) is 31.9 Å². The van der Waals surface area contributed by atoms with E-state index in [4.69, 9.17) is 33.7 Å². The average molecular weight is 412 g/mol. The van der Waals surface area contributed by atoms with Gasteiger partial charge < -0.3 is 10.5 Å². The zero-order valence-corrected chi connectivity index (χ0v) is 13.6. The minimum atomic E-state index is 0.452. The van der Waals surface area contributed by atoms with Crippen molar-refractivity contribution in [3.8, 4) is 11.5 Å². The van der Waals surface area contributed by atoms with Crippen molar-refractivity contribution in [3.05, 3.63) is 49.3 Å². The molecule has 0 amide bonds. The van der Waals surface area contributed by atoms with Gasteiger partial charge in [-0.25, -0.2) is 0 Å². The number of benzene rings is 2. The van der Waals surface area contributed by atoms with Crippen LogP contribution in [0.2, 0.25) is 10.0 Å². The second-order valence-electron chi connectivity index (χ2n) is 3.48. The third-order valence-electron chi connectivity index (χ3n) is 2.17. The molecule has 2 N–H and O–H groups in total. The molecule has 0 aliphatic carbocycles. The fraction of sp³-hybridized carbons (Fsp3) is 0. The summed E-state index contributed by atoms with van der Waals surface area (Å²) in [6.45, 7) is 0. The Hall–Kier alpha value is -0.420. The molecular weight excluding hydrogens is 405 g/mol. The van der Waals surface area contributed by atoms with Gasteiger partial charge in [0.1, 0.15) is 11.5 Å². The van der Waals surface area contributed by atoms with Crippen molar-refractivity contribution in [2.24, 2.45) is 0 Å². The molecular formula is C12H7Br2Cl2NO. The number of hydrogen-bond acceptors (Lipinski definition) is 2. The van der Waals surface area contributed by atoms with Gasteiger partial charge >= 0.3 is 0 Å². The van der Waals surface area contributed by atoms with E-state index in [0.717, 1.165) is 4.47 Å². The van der Waals surface area contributed by atoms with Crippen LogP contribution in [0.3, 0.4) is 0 Å². The first-order valence-corrected chi connectivity index (χ1v) is 7.19. The van der Waals surface area contributed by atoms with E-state index in [0.29, 0.717) is 31.7 Å². The van der Waals surface area contributed by atoms with E-state index < -0.39 is 0 Å². The van der Waals surface area contributed by atoms with Gasteiger partial charge in [-0.3, -0.25) is 0 Å². The maximum absolute atomic E-state index is 6.07. The largest absolute Gasteiger partial charge is 0.454 e. The van der Waals surface area contributed by atoms with Crippen molar-refractivity contribution in [3.63, 3.8) is 0 Å². The summed E-state index contributed by atoms with van der Waals surface area (Å²) in [5.74, 6) is 0.984. The van der Waals surface area contributed by atoms with Crippen molar-refractivity contribution in [1.29, 1.82) is 0 Å². The monoisotopic (exact) mass is 409 g/mol. The van der Waals surface area contributed by atoms with E-state index in [9.17, 15) is 0 Å². The molecule has 0 radical (unpaired) electrons. The molecule has 2 aromatic rings. The molecule has 0 aliphatic rings. The first kappa shape index (κ1) is 14.0. The Labute approximate surface area is 131 Å². The van der Waals surface area contributed by atoms with Crippen LogP contribution in [0.25, 0.3) is 0 Å². The number of rotatable bonds is 2. The van der Waals surface area contributed by atoms with Gasteiger partial charge in [0.05, 0.1) is 15.7 Å². The van der Waals surface area contributed by atoms with Crippen LogP contribution in [0.4, 0.5) is 5.69 Å². The SMILES string of the molecule is Nc1cc(Br)ccc1Oc1cc(Cl)c(Br)cc1Cl. The van der Waals surface area contributed by atoms with Gasteiger partial charge in [-0.2, -0.15) is 0 Å². The Morgan fingerprint density at radius 1 is 0.944 bits per heavy atom. The van der Waals surface area contributed by atoms with Crippen LogP contribution < -0.4 is 10.5 Å². The summed E-state index contributed by atoms with van der Waals surface area (Å²) >= 11 is 18.7. The predicted octanol–water partition coefficient (Wildman–Crippen LogP) is 5.89. The Morgan fingerprint density at radius 2 is 1.67 bits per heavy atom.